The molecule has 1 aromatic rings. The average molecular weight is 259 g/mol. The van der Waals surface area contributed by atoms with E-state index in [0.29, 0.717) is 10.6 Å². The lowest BCUT2D eigenvalue weighted by molar-refractivity contribution is 0.275. The van der Waals surface area contributed by atoms with Crippen molar-refractivity contribution in [3.05, 3.63) is 28.8 Å². The van der Waals surface area contributed by atoms with Gasteiger partial charge in [-0.05, 0) is 18.2 Å². The maximum atomic E-state index is 9.02. The molecule has 0 unspecified atom stereocenters. The summed E-state index contributed by atoms with van der Waals surface area (Å²) in [5.74, 6) is 0.0758. The molecule has 0 radical (unpaired) electrons. The molecule has 0 amide bonds. The number of phenols is 1. The van der Waals surface area contributed by atoms with E-state index < -0.39 is 0 Å². The summed E-state index contributed by atoms with van der Waals surface area (Å²) in [6.45, 7) is 4.30. The van der Waals surface area contributed by atoms with E-state index in [9.17, 15) is 0 Å². The first-order valence-corrected chi connectivity index (χ1v) is 6.61. The lowest BCUT2D eigenvalue weighted by Crippen LogP contribution is -1.82. The molecule has 0 heterocycles. The minimum Gasteiger partial charge on any atom is -0.508 e. The first-order valence-electron chi connectivity index (χ1n) is 6.23. The number of aromatic hydroxyl groups is 1. The van der Waals surface area contributed by atoms with Crippen LogP contribution in [-0.2, 0) is 6.61 Å². The monoisotopic (exact) mass is 258 g/mol. The Labute approximate surface area is 109 Å². The lowest BCUT2D eigenvalue weighted by Gasteiger charge is -1.99. The average Bonchev–Trinajstić information content (AvgIpc) is 2.34. The van der Waals surface area contributed by atoms with E-state index in [1.54, 1.807) is 6.07 Å². The highest BCUT2D eigenvalue weighted by molar-refractivity contribution is 6.30. The Hall–Kier alpha value is -0.730. The van der Waals surface area contributed by atoms with Crippen LogP contribution < -0.4 is 0 Å². The second-order valence-electron chi connectivity index (χ2n) is 3.99. The molecule has 1 aromatic carbocycles. The zero-order chi connectivity index (χ0) is 13.1. The van der Waals surface area contributed by atoms with Crippen LogP contribution in [0.3, 0.4) is 0 Å². The van der Waals surface area contributed by atoms with Crippen LogP contribution in [0, 0.1) is 0 Å². The van der Waals surface area contributed by atoms with Crippen LogP contribution >= 0.6 is 11.6 Å². The van der Waals surface area contributed by atoms with Gasteiger partial charge in [0.1, 0.15) is 5.75 Å². The molecular weight excluding hydrogens is 236 g/mol. The van der Waals surface area contributed by atoms with Crippen LogP contribution in [0.2, 0.25) is 5.02 Å². The number of benzene rings is 1. The largest absolute Gasteiger partial charge is 0.508 e. The van der Waals surface area contributed by atoms with Gasteiger partial charge in [0.25, 0.3) is 0 Å². The molecule has 17 heavy (non-hydrogen) atoms. The van der Waals surface area contributed by atoms with E-state index in [0.717, 1.165) is 0 Å². The lowest BCUT2D eigenvalue weighted by atomic mass is 10.2. The van der Waals surface area contributed by atoms with Crippen LogP contribution in [0.4, 0.5) is 0 Å². The molecule has 0 aliphatic rings. The standard InChI is InChI=1S/C7H7ClO2.C7H16/c8-6-1-2-7(10)5(3-6)4-9;1-3-5-7-6-4-2/h1-3,9-10H,4H2;3-7H2,1-2H3. The molecule has 2 N–H and O–H groups in total. The third-order valence-electron chi connectivity index (χ3n) is 2.42. The van der Waals surface area contributed by atoms with Crippen molar-refractivity contribution in [3.63, 3.8) is 0 Å². The van der Waals surface area contributed by atoms with Crippen LogP contribution in [0.5, 0.6) is 5.75 Å². The van der Waals surface area contributed by atoms with Gasteiger partial charge >= 0.3 is 0 Å². The third-order valence-corrected chi connectivity index (χ3v) is 2.65. The Balaban J connectivity index is 0.000000325. The van der Waals surface area contributed by atoms with Crippen molar-refractivity contribution >= 4 is 11.6 Å². The summed E-state index contributed by atoms with van der Waals surface area (Å²) in [5, 5.41) is 18.2. The van der Waals surface area contributed by atoms with Crippen molar-refractivity contribution in [2.75, 3.05) is 0 Å². The normalized spacial score (nSPS) is 9.65. The van der Waals surface area contributed by atoms with Gasteiger partial charge in [0.15, 0.2) is 0 Å². The fraction of sp³-hybridized carbons (Fsp3) is 0.571. The fourth-order valence-electron chi connectivity index (χ4n) is 1.36. The predicted molar refractivity (Wildman–Crippen MR) is 73.5 cm³/mol. The van der Waals surface area contributed by atoms with Crippen LogP contribution in [0.15, 0.2) is 18.2 Å². The minimum absolute atomic E-state index is 0.0758. The summed E-state index contributed by atoms with van der Waals surface area (Å²) < 4.78 is 0. The molecule has 0 bridgehead atoms. The van der Waals surface area contributed by atoms with E-state index in [-0.39, 0.29) is 12.4 Å². The second-order valence-corrected chi connectivity index (χ2v) is 4.43. The van der Waals surface area contributed by atoms with Gasteiger partial charge in [0, 0.05) is 10.6 Å². The number of hydrogen-bond donors (Lipinski definition) is 2. The van der Waals surface area contributed by atoms with E-state index in [2.05, 4.69) is 13.8 Å². The molecule has 1 rings (SSSR count). The number of unbranched alkanes of at least 4 members (excludes halogenated alkanes) is 4. The summed E-state index contributed by atoms with van der Waals surface area (Å²) in [5.41, 5.74) is 0.451. The maximum absolute atomic E-state index is 9.02. The topological polar surface area (TPSA) is 40.5 Å². The van der Waals surface area contributed by atoms with Crippen LogP contribution in [0.25, 0.3) is 0 Å². The second kappa shape index (κ2) is 10.4. The Morgan fingerprint density at radius 3 is 2.06 bits per heavy atom. The number of aliphatic hydroxyl groups is 1. The van der Waals surface area contributed by atoms with Gasteiger partial charge in [-0.3, -0.25) is 0 Å². The molecule has 0 aliphatic carbocycles. The smallest absolute Gasteiger partial charge is 0.121 e. The summed E-state index contributed by atoms with van der Waals surface area (Å²) in [6.07, 6.45) is 7.01. The molecule has 0 saturated carbocycles. The molecule has 0 spiro atoms. The van der Waals surface area contributed by atoms with E-state index in [1.165, 1.54) is 44.2 Å². The van der Waals surface area contributed by atoms with Crippen molar-refractivity contribution in [2.45, 2.75) is 52.6 Å². The highest BCUT2D eigenvalue weighted by Crippen LogP contribution is 2.20. The van der Waals surface area contributed by atoms with Crippen molar-refractivity contribution in [1.82, 2.24) is 0 Å². The summed E-state index contributed by atoms with van der Waals surface area (Å²) in [7, 11) is 0. The molecule has 98 valence electrons. The molecule has 3 heteroatoms. The molecule has 0 saturated heterocycles. The zero-order valence-electron chi connectivity index (χ0n) is 10.7. The van der Waals surface area contributed by atoms with Crippen molar-refractivity contribution in [1.29, 1.82) is 0 Å². The highest BCUT2D eigenvalue weighted by atomic mass is 35.5. The van der Waals surface area contributed by atoms with Crippen molar-refractivity contribution in [3.8, 4) is 5.75 Å². The van der Waals surface area contributed by atoms with E-state index >= 15 is 0 Å². The first kappa shape index (κ1) is 16.3. The summed E-state index contributed by atoms with van der Waals surface area (Å²) >= 11 is 5.57. The van der Waals surface area contributed by atoms with Gasteiger partial charge < -0.3 is 10.2 Å². The number of rotatable bonds is 5. The predicted octanol–water partition coefficient (Wildman–Crippen LogP) is 4.51. The SMILES string of the molecule is CCCCCCC.OCc1cc(Cl)ccc1O. The van der Waals surface area contributed by atoms with Gasteiger partial charge in [-0.1, -0.05) is 57.6 Å². The van der Waals surface area contributed by atoms with Crippen molar-refractivity contribution in [2.24, 2.45) is 0 Å². The van der Waals surface area contributed by atoms with Gasteiger partial charge in [-0.25, -0.2) is 0 Å². The molecule has 0 aliphatic heterocycles. The number of hydrogen-bond acceptors (Lipinski definition) is 2. The third kappa shape index (κ3) is 8.06. The quantitative estimate of drug-likeness (QED) is 0.763. The van der Waals surface area contributed by atoms with Gasteiger partial charge in [-0.15, -0.1) is 0 Å². The fourth-order valence-corrected chi connectivity index (χ4v) is 1.55. The number of aliphatic hydroxyl groups excluding tert-OH is 1. The Morgan fingerprint density at radius 1 is 1.06 bits per heavy atom. The van der Waals surface area contributed by atoms with E-state index in [4.69, 9.17) is 21.8 Å². The van der Waals surface area contributed by atoms with E-state index in [1.807, 2.05) is 0 Å². The Kier molecular flexibility index (Phi) is 9.98. The zero-order valence-corrected chi connectivity index (χ0v) is 11.5. The first-order chi connectivity index (χ1) is 8.15. The molecule has 0 fully saturated rings. The molecule has 2 nitrogen and oxygen atoms in total. The van der Waals surface area contributed by atoms with Gasteiger partial charge in [0.05, 0.1) is 6.61 Å². The Bertz CT molecular complexity index is 296. The highest BCUT2D eigenvalue weighted by Gasteiger charge is 1.98. The van der Waals surface area contributed by atoms with Crippen molar-refractivity contribution < 1.29 is 10.2 Å². The molecule has 0 aromatic heterocycles. The van der Waals surface area contributed by atoms with Gasteiger partial charge in [0.2, 0.25) is 0 Å². The van der Waals surface area contributed by atoms with Gasteiger partial charge in [-0.2, -0.15) is 0 Å². The molecule has 0 atom stereocenters. The molecular formula is C14H23ClO2. The maximum Gasteiger partial charge on any atom is 0.121 e. The summed E-state index contributed by atoms with van der Waals surface area (Å²) in [4.78, 5) is 0. The minimum atomic E-state index is -0.188. The van der Waals surface area contributed by atoms with Crippen LogP contribution in [-0.4, -0.2) is 10.2 Å². The van der Waals surface area contributed by atoms with Crippen LogP contribution in [0.1, 0.15) is 51.5 Å². The Morgan fingerprint density at radius 2 is 1.65 bits per heavy atom. The summed E-state index contributed by atoms with van der Waals surface area (Å²) in [6, 6.07) is 4.54. The number of halogens is 1.